The van der Waals surface area contributed by atoms with Crippen molar-refractivity contribution in [2.45, 2.75) is 37.5 Å². The molecule has 0 spiro atoms. The second kappa shape index (κ2) is 9.79. The van der Waals surface area contributed by atoms with E-state index in [1.807, 2.05) is 58.0 Å². The van der Waals surface area contributed by atoms with E-state index in [9.17, 15) is 13.2 Å². The van der Waals surface area contributed by atoms with Crippen molar-refractivity contribution >= 4 is 43.3 Å². The SMILES string of the molecule is COc1ccc(S(=O)(=O)c2c(Nc3cc(C)ccc3C)sc(C(=O)c3ccc(C)cc3C)c2N)cc1. The third kappa shape index (κ3) is 4.74. The highest BCUT2D eigenvalue weighted by atomic mass is 32.2. The number of anilines is 3. The van der Waals surface area contributed by atoms with Crippen molar-refractivity contribution in [1.82, 2.24) is 0 Å². The van der Waals surface area contributed by atoms with Crippen LogP contribution in [-0.2, 0) is 9.84 Å². The largest absolute Gasteiger partial charge is 0.497 e. The van der Waals surface area contributed by atoms with E-state index >= 15 is 0 Å². The summed E-state index contributed by atoms with van der Waals surface area (Å²) in [6.07, 6.45) is 0. The molecule has 0 aliphatic rings. The molecule has 0 aliphatic carbocycles. The van der Waals surface area contributed by atoms with Gasteiger partial charge in [-0.1, -0.05) is 35.9 Å². The Labute approximate surface area is 215 Å². The van der Waals surface area contributed by atoms with Crippen molar-refractivity contribution in [1.29, 1.82) is 0 Å². The molecule has 186 valence electrons. The van der Waals surface area contributed by atoms with Gasteiger partial charge in [0.2, 0.25) is 15.6 Å². The number of carbonyl (C=O) groups excluding carboxylic acids is 1. The van der Waals surface area contributed by atoms with Gasteiger partial charge in [-0.25, -0.2) is 8.42 Å². The predicted octanol–water partition coefficient (Wildman–Crippen LogP) is 6.38. The number of hydrogen-bond acceptors (Lipinski definition) is 7. The summed E-state index contributed by atoms with van der Waals surface area (Å²) in [7, 11) is -2.55. The van der Waals surface area contributed by atoms with E-state index in [-0.39, 0.29) is 26.1 Å². The van der Waals surface area contributed by atoms with Crippen molar-refractivity contribution < 1.29 is 17.9 Å². The Kier molecular flexibility index (Phi) is 6.93. The second-order valence-electron chi connectivity index (χ2n) is 8.77. The molecule has 0 saturated carbocycles. The van der Waals surface area contributed by atoms with Crippen LogP contribution in [0.15, 0.2) is 70.5 Å². The van der Waals surface area contributed by atoms with Gasteiger partial charge in [-0.05, 0) is 74.7 Å². The standard InChI is InChI=1S/C28H28N2O4S2/c1-16-7-13-22(19(4)14-16)25(31)26-24(29)27(36(32,33)21-11-9-20(34-5)10-12-21)28(35-26)30-23-15-17(2)6-8-18(23)3/h6-15,30H,29H2,1-5H3. The van der Waals surface area contributed by atoms with Crippen LogP contribution in [0.25, 0.3) is 0 Å². The molecule has 0 unspecified atom stereocenters. The van der Waals surface area contributed by atoms with Crippen molar-refractivity contribution in [2.24, 2.45) is 0 Å². The first kappa shape index (κ1) is 25.5. The van der Waals surface area contributed by atoms with Crippen LogP contribution >= 0.6 is 11.3 Å². The molecule has 3 aromatic carbocycles. The van der Waals surface area contributed by atoms with Crippen LogP contribution in [0.4, 0.5) is 16.4 Å². The Hall–Kier alpha value is -3.62. The zero-order valence-electron chi connectivity index (χ0n) is 20.8. The predicted molar refractivity (Wildman–Crippen MR) is 146 cm³/mol. The molecule has 0 bridgehead atoms. The minimum atomic E-state index is -4.06. The molecule has 0 atom stereocenters. The molecule has 3 N–H and O–H groups in total. The van der Waals surface area contributed by atoms with Crippen LogP contribution < -0.4 is 15.8 Å². The van der Waals surface area contributed by atoms with Gasteiger partial charge in [0, 0.05) is 11.3 Å². The Morgan fingerprint density at radius 2 is 1.53 bits per heavy atom. The zero-order chi connectivity index (χ0) is 26.2. The van der Waals surface area contributed by atoms with E-state index < -0.39 is 9.84 Å². The van der Waals surface area contributed by atoms with Gasteiger partial charge in [0.1, 0.15) is 20.5 Å². The quantitative estimate of drug-likeness (QED) is 0.274. The lowest BCUT2D eigenvalue weighted by molar-refractivity contribution is 0.104. The van der Waals surface area contributed by atoms with Crippen molar-refractivity contribution in [2.75, 3.05) is 18.2 Å². The average molecular weight is 521 g/mol. The van der Waals surface area contributed by atoms with Crippen molar-refractivity contribution in [3.8, 4) is 5.75 Å². The number of hydrogen-bond donors (Lipinski definition) is 2. The molecule has 36 heavy (non-hydrogen) atoms. The number of methoxy groups -OCH3 is 1. The van der Waals surface area contributed by atoms with Gasteiger partial charge < -0.3 is 15.8 Å². The molecule has 0 fully saturated rings. The maximum Gasteiger partial charge on any atom is 0.211 e. The number of thiophene rings is 1. The number of rotatable bonds is 7. The molecular weight excluding hydrogens is 492 g/mol. The van der Waals surface area contributed by atoms with E-state index in [1.165, 1.54) is 19.2 Å². The van der Waals surface area contributed by atoms with Crippen LogP contribution in [-0.4, -0.2) is 21.3 Å². The highest BCUT2D eigenvalue weighted by Crippen LogP contribution is 2.44. The number of carbonyl (C=O) groups is 1. The minimum absolute atomic E-state index is 0.0577. The van der Waals surface area contributed by atoms with E-state index in [0.717, 1.165) is 39.3 Å². The van der Waals surface area contributed by atoms with Gasteiger partial charge >= 0.3 is 0 Å². The smallest absolute Gasteiger partial charge is 0.211 e. The summed E-state index contributed by atoms with van der Waals surface area (Å²) in [5.41, 5.74) is 11.4. The molecule has 0 amide bonds. The maximum absolute atomic E-state index is 13.8. The van der Waals surface area contributed by atoms with Gasteiger partial charge in [0.15, 0.2) is 0 Å². The van der Waals surface area contributed by atoms with Crippen LogP contribution in [0.3, 0.4) is 0 Å². The van der Waals surface area contributed by atoms with Gasteiger partial charge in [-0.2, -0.15) is 0 Å². The summed E-state index contributed by atoms with van der Waals surface area (Å²) in [5.74, 6) is 0.224. The normalized spacial score (nSPS) is 11.4. The third-order valence-electron chi connectivity index (χ3n) is 6.01. The third-order valence-corrected chi connectivity index (χ3v) is 9.12. The maximum atomic E-state index is 13.8. The van der Waals surface area contributed by atoms with Gasteiger partial charge in [-0.3, -0.25) is 4.79 Å². The number of nitrogens with two attached hydrogens (primary N) is 1. The monoisotopic (exact) mass is 520 g/mol. The van der Waals surface area contributed by atoms with Gasteiger partial charge in [0.25, 0.3) is 0 Å². The Bertz CT molecular complexity index is 1570. The van der Waals surface area contributed by atoms with E-state index in [2.05, 4.69) is 5.32 Å². The number of ketones is 1. The summed E-state index contributed by atoms with van der Waals surface area (Å²) >= 11 is 1.05. The van der Waals surface area contributed by atoms with Crippen LogP contribution in [0, 0.1) is 27.7 Å². The first-order valence-electron chi connectivity index (χ1n) is 11.3. The first-order valence-corrected chi connectivity index (χ1v) is 13.6. The van der Waals surface area contributed by atoms with Crippen molar-refractivity contribution in [3.63, 3.8) is 0 Å². The summed E-state index contributed by atoms with van der Waals surface area (Å²) in [4.78, 5) is 13.7. The fraction of sp³-hybridized carbons (Fsp3) is 0.179. The van der Waals surface area contributed by atoms with Crippen LogP contribution in [0.2, 0.25) is 0 Å². The van der Waals surface area contributed by atoms with E-state index in [4.69, 9.17) is 10.5 Å². The average Bonchev–Trinajstić information content (AvgIpc) is 3.17. The summed E-state index contributed by atoms with van der Waals surface area (Å²) in [6, 6.07) is 17.5. The number of sulfone groups is 1. The highest BCUT2D eigenvalue weighted by molar-refractivity contribution is 7.92. The summed E-state index contributed by atoms with van der Waals surface area (Å²) in [5, 5.41) is 3.55. The molecule has 0 radical (unpaired) electrons. The Morgan fingerprint density at radius 1 is 0.889 bits per heavy atom. The van der Waals surface area contributed by atoms with Gasteiger partial charge in [-0.15, -0.1) is 11.3 Å². The van der Waals surface area contributed by atoms with E-state index in [1.54, 1.807) is 18.2 Å². The van der Waals surface area contributed by atoms with Crippen molar-refractivity contribution in [3.05, 3.63) is 93.4 Å². The van der Waals surface area contributed by atoms with Crippen LogP contribution in [0.5, 0.6) is 5.75 Å². The fourth-order valence-electron chi connectivity index (χ4n) is 4.00. The molecule has 8 heteroatoms. The van der Waals surface area contributed by atoms with Gasteiger partial charge in [0.05, 0.1) is 17.7 Å². The molecule has 6 nitrogen and oxygen atoms in total. The number of aryl methyl sites for hydroxylation is 4. The summed E-state index contributed by atoms with van der Waals surface area (Å²) in [6.45, 7) is 7.69. The fourth-order valence-corrected chi connectivity index (χ4v) is 6.92. The lowest BCUT2D eigenvalue weighted by atomic mass is 10.0. The molecule has 1 aromatic heterocycles. The summed E-state index contributed by atoms with van der Waals surface area (Å²) < 4.78 is 32.8. The zero-order valence-corrected chi connectivity index (χ0v) is 22.4. The number of ether oxygens (including phenoxy) is 1. The highest BCUT2D eigenvalue weighted by Gasteiger charge is 2.32. The topological polar surface area (TPSA) is 98.5 Å². The molecule has 1 heterocycles. The lowest BCUT2D eigenvalue weighted by Crippen LogP contribution is -2.09. The first-order chi connectivity index (χ1) is 17.0. The molecular formula is C28H28N2O4S2. The number of nitrogens with one attached hydrogen (secondary N) is 1. The molecule has 0 saturated heterocycles. The van der Waals surface area contributed by atoms with E-state index in [0.29, 0.717) is 16.3 Å². The lowest BCUT2D eigenvalue weighted by Gasteiger charge is -2.12. The molecule has 0 aliphatic heterocycles. The Balaban J connectivity index is 1.91. The molecule has 4 aromatic rings. The number of benzene rings is 3. The number of nitrogen functional groups attached to an aromatic ring is 1. The van der Waals surface area contributed by atoms with Crippen LogP contribution in [0.1, 0.15) is 37.5 Å². The second-order valence-corrected chi connectivity index (χ2v) is 11.7. The Morgan fingerprint density at radius 3 is 2.17 bits per heavy atom. The minimum Gasteiger partial charge on any atom is -0.497 e. The molecule has 4 rings (SSSR count).